The molecule has 1 aromatic rings. The molecule has 84 valence electrons. The van der Waals surface area contributed by atoms with E-state index in [1.807, 2.05) is 6.92 Å². The minimum absolute atomic E-state index is 0.623. The quantitative estimate of drug-likeness (QED) is 0.838. The van der Waals surface area contributed by atoms with E-state index in [1.54, 1.807) is 0 Å². The summed E-state index contributed by atoms with van der Waals surface area (Å²) in [4.78, 5) is 4.36. The fourth-order valence-corrected chi connectivity index (χ4v) is 2.78. The van der Waals surface area contributed by atoms with Crippen LogP contribution in [-0.2, 0) is 0 Å². The molecule has 1 aliphatic carbocycles. The van der Waals surface area contributed by atoms with Gasteiger partial charge >= 0.3 is 0 Å². The highest BCUT2D eigenvalue weighted by Crippen LogP contribution is 2.21. The van der Waals surface area contributed by atoms with E-state index in [9.17, 15) is 0 Å². The molecule has 2 rings (SSSR count). The molecule has 1 heterocycles. The van der Waals surface area contributed by atoms with Crippen LogP contribution < -0.4 is 5.32 Å². The van der Waals surface area contributed by atoms with Gasteiger partial charge in [-0.1, -0.05) is 32.1 Å². The minimum atomic E-state index is 0.623. The first-order chi connectivity index (χ1) is 7.34. The summed E-state index contributed by atoms with van der Waals surface area (Å²) in [5.41, 5.74) is 0. The molecule has 1 aromatic heterocycles. The van der Waals surface area contributed by atoms with Crippen molar-refractivity contribution in [3.8, 4) is 0 Å². The molecule has 4 heteroatoms. The lowest BCUT2D eigenvalue weighted by atomic mass is 9.97. The van der Waals surface area contributed by atoms with Crippen molar-refractivity contribution in [2.75, 3.05) is 5.32 Å². The molecular formula is C11H19N3S. The van der Waals surface area contributed by atoms with E-state index in [1.165, 1.54) is 56.5 Å². The molecule has 0 unspecified atom stereocenters. The van der Waals surface area contributed by atoms with Gasteiger partial charge in [-0.05, 0) is 19.8 Å². The van der Waals surface area contributed by atoms with Gasteiger partial charge < -0.3 is 5.32 Å². The highest BCUT2D eigenvalue weighted by Gasteiger charge is 2.12. The van der Waals surface area contributed by atoms with Crippen LogP contribution >= 0.6 is 11.5 Å². The lowest BCUT2D eigenvalue weighted by Crippen LogP contribution is -2.20. The summed E-state index contributed by atoms with van der Waals surface area (Å²) in [7, 11) is 0. The predicted octanol–water partition coefficient (Wildman–Crippen LogP) is 3.37. The average molecular weight is 225 g/mol. The fourth-order valence-electron chi connectivity index (χ4n) is 2.13. The monoisotopic (exact) mass is 225 g/mol. The lowest BCUT2D eigenvalue weighted by molar-refractivity contribution is 0.471. The Balaban J connectivity index is 1.86. The number of aromatic nitrogens is 2. The Kier molecular flexibility index (Phi) is 3.94. The maximum atomic E-state index is 4.36. The van der Waals surface area contributed by atoms with Gasteiger partial charge in [-0.2, -0.15) is 4.37 Å². The van der Waals surface area contributed by atoms with E-state index >= 15 is 0 Å². The number of hydrogen-bond acceptors (Lipinski definition) is 4. The SMILES string of the molecule is Cc1nsc(NC2CCCCCCC2)n1. The van der Waals surface area contributed by atoms with Crippen LogP contribution in [0.5, 0.6) is 0 Å². The summed E-state index contributed by atoms with van der Waals surface area (Å²) in [6, 6.07) is 0.623. The van der Waals surface area contributed by atoms with E-state index in [-0.39, 0.29) is 0 Å². The van der Waals surface area contributed by atoms with Crippen LogP contribution in [0.3, 0.4) is 0 Å². The van der Waals surface area contributed by atoms with Gasteiger partial charge in [-0.15, -0.1) is 0 Å². The molecule has 0 saturated heterocycles. The summed E-state index contributed by atoms with van der Waals surface area (Å²) in [6.45, 7) is 1.94. The highest BCUT2D eigenvalue weighted by molar-refractivity contribution is 7.09. The number of aryl methyl sites for hydroxylation is 1. The number of nitrogens with zero attached hydrogens (tertiary/aromatic N) is 2. The molecule has 0 aliphatic heterocycles. The predicted molar refractivity (Wildman–Crippen MR) is 64.4 cm³/mol. The molecule has 3 nitrogen and oxygen atoms in total. The molecule has 0 aromatic carbocycles. The van der Waals surface area contributed by atoms with Crippen LogP contribution in [0.2, 0.25) is 0 Å². The lowest BCUT2D eigenvalue weighted by Gasteiger charge is -2.20. The zero-order chi connectivity index (χ0) is 10.5. The summed E-state index contributed by atoms with van der Waals surface area (Å²) < 4.78 is 4.19. The van der Waals surface area contributed by atoms with Crippen molar-refractivity contribution >= 4 is 16.7 Å². The molecule has 0 spiro atoms. The molecule has 1 saturated carbocycles. The number of rotatable bonds is 2. The average Bonchev–Trinajstić information content (AvgIpc) is 2.56. The second-order valence-electron chi connectivity index (χ2n) is 4.33. The van der Waals surface area contributed by atoms with Crippen molar-refractivity contribution in [2.45, 2.75) is 57.9 Å². The minimum Gasteiger partial charge on any atom is -0.358 e. The third kappa shape index (κ3) is 3.45. The Labute approximate surface area is 95.5 Å². The first kappa shape index (κ1) is 10.9. The molecule has 0 bridgehead atoms. The third-order valence-electron chi connectivity index (χ3n) is 2.96. The molecule has 0 atom stereocenters. The van der Waals surface area contributed by atoms with Gasteiger partial charge in [0.05, 0.1) is 0 Å². The fraction of sp³-hybridized carbons (Fsp3) is 0.818. The first-order valence-electron chi connectivity index (χ1n) is 5.91. The maximum Gasteiger partial charge on any atom is 0.202 e. The molecule has 15 heavy (non-hydrogen) atoms. The summed E-state index contributed by atoms with van der Waals surface area (Å²) >= 11 is 1.48. The molecular weight excluding hydrogens is 206 g/mol. The molecule has 0 radical (unpaired) electrons. The second-order valence-corrected chi connectivity index (χ2v) is 5.08. The van der Waals surface area contributed by atoms with Gasteiger partial charge in [0.25, 0.3) is 0 Å². The topological polar surface area (TPSA) is 37.8 Å². The third-order valence-corrected chi connectivity index (χ3v) is 3.70. The maximum absolute atomic E-state index is 4.36. The number of hydrogen-bond donors (Lipinski definition) is 1. The van der Waals surface area contributed by atoms with Crippen molar-refractivity contribution in [2.24, 2.45) is 0 Å². The van der Waals surface area contributed by atoms with Crippen molar-refractivity contribution in [3.63, 3.8) is 0 Å². The summed E-state index contributed by atoms with van der Waals surface area (Å²) in [5, 5.41) is 4.51. The van der Waals surface area contributed by atoms with E-state index in [2.05, 4.69) is 14.7 Å². The van der Waals surface area contributed by atoms with E-state index < -0.39 is 0 Å². The van der Waals surface area contributed by atoms with Crippen molar-refractivity contribution in [3.05, 3.63) is 5.82 Å². The van der Waals surface area contributed by atoms with Gasteiger partial charge in [-0.3, -0.25) is 0 Å². The standard InChI is InChI=1S/C11H19N3S/c1-9-12-11(15-14-9)13-10-7-5-3-2-4-6-8-10/h10H,2-8H2,1H3,(H,12,13,14). The second kappa shape index (κ2) is 5.45. The van der Waals surface area contributed by atoms with Crippen LogP contribution in [-0.4, -0.2) is 15.4 Å². The molecule has 1 fully saturated rings. The Hall–Kier alpha value is -0.640. The van der Waals surface area contributed by atoms with E-state index in [0.29, 0.717) is 6.04 Å². The number of nitrogens with one attached hydrogen (secondary N) is 1. The normalized spacial score (nSPS) is 19.5. The smallest absolute Gasteiger partial charge is 0.202 e. The van der Waals surface area contributed by atoms with Gasteiger partial charge in [0, 0.05) is 17.6 Å². The first-order valence-corrected chi connectivity index (χ1v) is 6.69. The Morgan fingerprint density at radius 1 is 1.13 bits per heavy atom. The summed E-state index contributed by atoms with van der Waals surface area (Å²) in [6.07, 6.45) is 9.51. The Morgan fingerprint density at radius 2 is 1.80 bits per heavy atom. The van der Waals surface area contributed by atoms with Crippen LogP contribution in [0.25, 0.3) is 0 Å². The zero-order valence-electron chi connectivity index (χ0n) is 9.33. The van der Waals surface area contributed by atoms with Crippen molar-refractivity contribution in [1.29, 1.82) is 0 Å². The van der Waals surface area contributed by atoms with Crippen molar-refractivity contribution in [1.82, 2.24) is 9.36 Å². The largest absolute Gasteiger partial charge is 0.358 e. The Morgan fingerprint density at radius 3 is 2.40 bits per heavy atom. The molecule has 0 amide bonds. The summed E-state index contributed by atoms with van der Waals surface area (Å²) in [5.74, 6) is 0.883. The molecule has 1 aliphatic rings. The molecule has 1 N–H and O–H groups in total. The van der Waals surface area contributed by atoms with Crippen LogP contribution in [0.4, 0.5) is 5.13 Å². The number of anilines is 1. The van der Waals surface area contributed by atoms with Gasteiger partial charge in [0.1, 0.15) is 5.82 Å². The van der Waals surface area contributed by atoms with Crippen LogP contribution in [0.15, 0.2) is 0 Å². The Bertz CT molecular complexity index is 290. The van der Waals surface area contributed by atoms with E-state index in [4.69, 9.17) is 0 Å². The van der Waals surface area contributed by atoms with Gasteiger partial charge in [0.15, 0.2) is 0 Å². The van der Waals surface area contributed by atoms with Crippen LogP contribution in [0, 0.1) is 6.92 Å². The van der Waals surface area contributed by atoms with Crippen molar-refractivity contribution < 1.29 is 0 Å². The highest BCUT2D eigenvalue weighted by atomic mass is 32.1. The zero-order valence-corrected chi connectivity index (χ0v) is 10.1. The van der Waals surface area contributed by atoms with Gasteiger partial charge in [0.2, 0.25) is 5.13 Å². The van der Waals surface area contributed by atoms with Crippen LogP contribution in [0.1, 0.15) is 50.8 Å². The van der Waals surface area contributed by atoms with E-state index in [0.717, 1.165) is 11.0 Å². The van der Waals surface area contributed by atoms with Gasteiger partial charge in [-0.25, -0.2) is 4.98 Å².